The van der Waals surface area contributed by atoms with Crippen molar-refractivity contribution in [3.63, 3.8) is 0 Å². The van der Waals surface area contributed by atoms with Gasteiger partial charge in [0.2, 0.25) is 0 Å². The Bertz CT molecular complexity index is 773. The maximum absolute atomic E-state index is 4.36. The molecule has 1 fully saturated rings. The highest BCUT2D eigenvalue weighted by atomic mass is 32.2. The van der Waals surface area contributed by atoms with Crippen LogP contribution in [0.3, 0.4) is 0 Å². The second-order valence-electron chi connectivity index (χ2n) is 7.52. The maximum atomic E-state index is 4.36. The van der Waals surface area contributed by atoms with Gasteiger partial charge in [-0.3, -0.25) is 0 Å². The zero-order chi connectivity index (χ0) is 18.0. The lowest BCUT2D eigenvalue weighted by molar-refractivity contribution is 0.179. The Kier molecular flexibility index (Phi) is 5.10. The predicted molar refractivity (Wildman–Crippen MR) is 113 cm³/mol. The minimum absolute atomic E-state index is 0.154. The fourth-order valence-corrected chi connectivity index (χ4v) is 4.89. The number of nitrogens with one attached hydrogen (secondary N) is 1. The van der Waals surface area contributed by atoms with E-state index >= 15 is 0 Å². The van der Waals surface area contributed by atoms with Crippen LogP contribution in [0.1, 0.15) is 30.4 Å². The summed E-state index contributed by atoms with van der Waals surface area (Å²) in [7, 11) is 0. The molecule has 1 N–H and O–H groups in total. The third-order valence-corrected chi connectivity index (χ3v) is 6.86. The molecule has 2 heterocycles. The summed E-state index contributed by atoms with van der Waals surface area (Å²) < 4.78 is 0. The van der Waals surface area contributed by atoms with Crippen LogP contribution in [-0.2, 0) is 11.8 Å². The summed E-state index contributed by atoms with van der Waals surface area (Å²) >= 11 is 1.81. The number of likely N-dealkylation sites (tertiary alicyclic amines) is 1. The number of fused-ring (bicyclic) bond motifs is 2. The molecule has 0 unspecified atom stereocenters. The Balaban J connectivity index is 1.31. The number of anilines is 1. The summed E-state index contributed by atoms with van der Waals surface area (Å²) in [6.45, 7) is 7.89. The molecule has 1 saturated heterocycles. The van der Waals surface area contributed by atoms with Gasteiger partial charge in [-0.25, -0.2) is 0 Å². The highest BCUT2D eigenvalue weighted by molar-refractivity contribution is 7.98. The zero-order valence-corrected chi connectivity index (χ0v) is 16.4. The first-order chi connectivity index (χ1) is 12.7. The molecule has 26 heavy (non-hydrogen) atoms. The number of hydrogen-bond acceptors (Lipinski definition) is 3. The Morgan fingerprint density at radius 3 is 2.54 bits per heavy atom. The van der Waals surface area contributed by atoms with E-state index in [1.54, 1.807) is 0 Å². The monoisotopic (exact) mass is 364 g/mol. The van der Waals surface area contributed by atoms with Gasteiger partial charge in [0.15, 0.2) is 0 Å². The molecule has 1 spiro atoms. The topological polar surface area (TPSA) is 15.3 Å². The summed E-state index contributed by atoms with van der Waals surface area (Å²) in [6.07, 6.45) is 6.90. The van der Waals surface area contributed by atoms with Crippen LogP contribution in [0.2, 0.25) is 0 Å². The molecular formula is C23H28N2S. The summed E-state index contributed by atoms with van der Waals surface area (Å²) in [4.78, 5) is 3.98. The molecule has 2 aromatic rings. The van der Waals surface area contributed by atoms with E-state index < -0.39 is 0 Å². The normalized spacial score (nSPS) is 18.7. The summed E-state index contributed by atoms with van der Waals surface area (Å²) in [6, 6.07) is 17.8. The number of nitrogens with zero attached hydrogens (tertiary/aromatic N) is 1. The fraction of sp³-hybridized carbons (Fsp3) is 0.391. The number of thioether (sulfide) groups is 1. The molecule has 0 bridgehead atoms. The highest BCUT2D eigenvalue weighted by Gasteiger charge is 2.43. The first kappa shape index (κ1) is 17.7. The van der Waals surface area contributed by atoms with Crippen LogP contribution >= 0.6 is 11.8 Å². The number of para-hydroxylation sites is 1. The van der Waals surface area contributed by atoms with Gasteiger partial charge in [0, 0.05) is 21.7 Å². The zero-order valence-electron chi connectivity index (χ0n) is 15.6. The van der Waals surface area contributed by atoms with Crippen molar-refractivity contribution in [2.75, 3.05) is 31.2 Å². The summed E-state index contributed by atoms with van der Waals surface area (Å²) in [5, 5.41) is 3.53. The largest absolute Gasteiger partial charge is 0.358 e. The molecule has 2 aromatic carbocycles. The van der Waals surface area contributed by atoms with Crippen molar-refractivity contribution >= 4 is 17.4 Å². The molecule has 0 aliphatic carbocycles. The van der Waals surface area contributed by atoms with Crippen molar-refractivity contribution in [1.82, 2.24) is 4.90 Å². The average Bonchev–Trinajstić information content (AvgIpc) is 2.96. The van der Waals surface area contributed by atoms with Crippen LogP contribution in [0.5, 0.6) is 0 Å². The standard InChI is InChI=1S/C23H28N2S/c1-18-23(21-7-3-4-8-22(21)24-18)13-16-25(17-14-23)15-5-6-19-9-11-20(26-2)12-10-19/h3-4,7-12,24H,1,5-6,13-17H2,2H3. The molecule has 2 nitrogen and oxygen atoms in total. The smallest absolute Gasteiger partial charge is 0.0424 e. The second kappa shape index (κ2) is 7.50. The first-order valence-electron chi connectivity index (χ1n) is 9.62. The third kappa shape index (κ3) is 3.30. The van der Waals surface area contributed by atoms with Crippen molar-refractivity contribution in [1.29, 1.82) is 0 Å². The molecule has 0 amide bonds. The van der Waals surface area contributed by atoms with E-state index in [4.69, 9.17) is 0 Å². The molecule has 0 atom stereocenters. The number of piperidine rings is 1. The molecule has 0 radical (unpaired) electrons. The lowest BCUT2D eigenvalue weighted by Crippen LogP contribution is -2.43. The van der Waals surface area contributed by atoms with Crippen LogP contribution in [0.15, 0.2) is 65.7 Å². The number of rotatable bonds is 5. The van der Waals surface area contributed by atoms with Gasteiger partial charge in [-0.05, 0) is 80.9 Å². The Morgan fingerprint density at radius 1 is 1.08 bits per heavy atom. The molecule has 0 aromatic heterocycles. The van der Waals surface area contributed by atoms with Crippen molar-refractivity contribution in [3.8, 4) is 0 Å². The highest BCUT2D eigenvalue weighted by Crippen LogP contribution is 2.49. The van der Waals surface area contributed by atoms with Crippen molar-refractivity contribution in [2.24, 2.45) is 0 Å². The molecule has 3 heteroatoms. The average molecular weight is 365 g/mol. The van der Waals surface area contributed by atoms with Gasteiger partial charge in [-0.15, -0.1) is 11.8 Å². The lowest BCUT2D eigenvalue weighted by atomic mass is 9.72. The lowest BCUT2D eigenvalue weighted by Gasteiger charge is -2.40. The van der Waals surface area contributed by atoms with Crippen LogP contribution in [0.4, 0.5) is 5.69 Å². The SMILES string of the molecule is C=C1Nc2ccccc2C12CCN(CCCc1ccc(SC)cc1)CC2. The second-order valence-corrected chi connectivity index (χ2v) is 8.40. The van der Waals surface area contributed by atoms with Gasteiger partial charge in [-0.1, -0.05) is 36.9 Å². The van der Waals surface area contributed by atoms with Gasteiger partial charge >= 0.3 is 0 Å². The van der Waals surface area contributed by atoms with Crippen LogP contribution < -0.4 is 5.32 Å². The van der Waals surface area contributed by atoms with E-state index in [1.807, 2.05) is 11.8 Å². The van der Waals surface area contributed by atoms with Crippen molar-refractivity contribution in [3.05, 3.63) is 71.9 Å². The summed E-state index contributed by atoms with van der Waals surface area (Å²) in [5.74, 6) is 0. The fourth-order valence-electron chi connectivity index (χ4n) is 4.48. The number of aryl methyl sites for hydroxylation is 1. The Labute approximate surface area is 161 Å². The van der Waals surface area contributed by atoms with Crippen LogP contribution in [0, 0.1) is 0 Å². The molecular weight excluding hydrogens is 336 g/mol. The van der Waals surface area contributed by atoms with Crippen molar-refractivity contribution in [2.45, 2.75) is 36.0 Å². The van der Waals surface area contributed by atoms with Gasteiger partial charge < -0.3 is 10.2 Å². The predicted octanol–water partition coefficient (Wildman–Crippen LogP) is 5.31. The van der Waals surface area contributed by atoms with Gasteiger partial charge in [0.05, 0.1) is 0 Å². The molecule has 4 rings (SSSR count). The molecule has 2 aliphatic rings. The minimum atomic E-state index is 0.154. The van der Waals surface area contributed by atoms with E-state index in [0.29, 0.717) is 0 Å². The summed E-state index contributed by atoms with van der Waals surface area (Å²) in [5.41, 5.74) is 5.53. The number of hydrogen-bond donors (Lipinski definition) is 1. The van der Waals surface area contributed by atoms with Crippen LogP contribution in [0.25, 0.3) is 0 Å². The number of allylic oxidation sites excluding steroid dienone is 1. The minimum Gasteiger partial charge on any atom is -0.358 e. The Morgan fingerprint density at radius 2 is 1.81 bits per heavy atom. The quantitative estimate of drug-likeness (QED) is 0.724. The van der Waals surface area contributed by atoms with Crippen molar-refractivity contribution < 1.29 is 0 Å². The van der Waals surface area contributed by atoms with E-state index in [0.717, 1.165) is 0 Å². The third-order valence-electron chi connectivity index (χ3n) is 6.11. The van der Waals surface area contributed by atoms with E-state index in [2.05, 4.69) is 71.6 Å². The molecule has 2 aliphatic heterocycles. The maximum Gasteiger partial charge on any atom is 0.0424 e. The number of benzene rings is 2. The van der Waals surface area contributed by atoms with Crippen LogP contribution in [-0.4, -0.2) is 30.8 Å². The van der Waals surface area contributed by atoms with Gasteiger partial charge in [0.1, 0.15) is 0 Å². The van der Waals surface area contributed by atoms with Gasteiger partial charge in [0.25, 0.3) is 0 Å². The Hall–Kier alpha value is -1.71. The van der Waals surface area contributed by atoms with E-state index in [9.17, 15) is 0 Å². The molecule has 136 valence electrons. The van der Waals surface area contributed by atoms with Gasteiger partial charge in [-0.2, -0.15) is 0 Å². The first-order valence-corrected chi connectivity index (χ1v) is 10.8. The molecule has 0 saturated carbocycles. The van der Waals surface area contributed by atoms with E-state index in [1.165, 1.54) is 72.7 Å². The van der Waals surface area contributed by atoms with E-state index in [-0.39, 0.29) is 5.41 Å².